The molecule has 31 heavy (non-hydrogen) atoms. The second-order valence-corrected chi connectivity index (χ2v) is 7.77. The van der Waals surface area contributed by atoms with Gasteiger partial charge in [-0.1, -0.05) is 48.5 Å². The normalized spacial score (nSPS) is 12.3. The second kappa shape index (κ2) is 8.45. The summed E-state index contributed by atoms with van der Waals surface area (Å²) < 4.78 is 10.6. The van der Waals surface area contributed by atoms with Gasteiger partial charge in [-0.2, -0.15) is 0 Å². The molecule has 0 bridgehead atoms. The Morgan fingerprint density at radius 1 is 0.935 bits per heavy atom. The molecule has 0 atom stereocenters. The van der Waals surface area contributed by atoms with E-state index in [1.807, 2.05) is 66.0 Å². The largest absolute Gasteiger partial charge is 0.454 e. The molecule has 3 aromatic carbocycles. The molecule has 1 aliphatic rings. The van der Waals surface area contributed by atoms with Crippen LogP contribution in [0.2, 0.25) is 0 Å². The number of thiazole rings is 1. The molecule has 1 N–H and O–H groups in total. The van der Waals surface area contributed by atoms with Gasteiger partial charge in [-0.25, -0.2) is 4.98 Å². The highest BCUT2D eigenvalue weighted by atomic mass is 32.1. The van der Waals surface area contributed by atoms with E-state index < -0.39 is 0 Å². The van der Waals surface area contributed by atoms with E-state index in [4.69, 9.17) is 14.5 Å². The van der Waals surface area contributed by atoms with Gasteiger partial charge in [0, 0.05) is 28.3 Å². The molecule has 5 rings (SSSR count). The molecule has 0 fully saturated rings. The van der Waals surface area contributed by atoms with Crippen molar-refractivity contribution in [2.45, 2.75) is 0 Å². The Kier molecular flexibility index (Phi) is 5.21. The number of nitrogens with one attached hydrogen (secondary N) is 1. The molecule has 0 saturated carbocycles. The minimum Gasteiger partial charge on any atom is -0.454 e. The number of hydrogen-bond donors (Lipinski definition) is 1. The first-order valence-corrected chi connectivity index (χ1v) is 10.6. The Labute approximate surface area is 183 Å². The summed E-state index contributed by atoms with van der Waals surface area (Å²) in [6, 6.07) is 23.4. The highest BCUT2D eigenvalue weighted by Crippen LogP contribution is 2.33. The number of carbonyl (C=O) groups excluding carboxylic acids is 1. The van der Waals surface area contributed by atoms with E-state index in [-0.39, 0.29) is 12.7 Å². The first-order chi connectivity index (χ1) is 15.2. The summed E-state index contributed by atoms with van der Waals surface area (Å²) in [5.41, 5.74) is 4.63. The van der Waals surface area contributed by atoms with E-state index in [9.17, 15) is 4.79 Å². The minimum absolute atomic E-state index is 0.203. The topological polar surface area (TPSA) is 60.5 Å². The third-order valence-corrected chi connectivity index (χ3v) is 5.69. The van der Waals surface area contributed by atoms with Crippen molar-refractivity contribution in [2.75, 3.05) is 12.1 Å². The van der Waals surface area contributed by atoms with E-state index in [1.54, 1.807) is 17.4 Å². The average Bonchev–Trinajstić information content (AvgIpc) is 3.48. The molecule has 4 aromatic rings. The van der Waals surface area contributed by atoms with E-state index in [2.05, 4.69) is 17.4 Å². The lowest BCUT2D eigenvalue weighted by molar-refractivity contribution is -0.111. The number of ether oxygens (including phenoxy) is 2. The van der Waals surface area contributed by atoms with Gasteiger partial charge < -0.3 is 14.8 Å². The molecule has 0 unspecified atom stereocenters. The van der Waals surface area contributed by atoms with Crippen LogP contribution >= 0.6 is 11.3 Å². The average molecular weight is 426 g/mol. The van der Waals surface area contributed by atoms with Gasteiger partial charge >= 0.3 is 0 Å². The van der Waals surface area contributed by atoms with Crippen molar-refractivity contribution in [3.8, 4) is 33.3 Å². The predicted molar refractivity (Wildman–Crippen MR) is 123 cm³/mol. The summed E-state index contributed by atoms with van der Waals surface area (Å²) in [7, 11) is 0. The third-order valence-electron chi connectivity index (χ3n) is 4.80. The number of carbonyl (C=O) groups is 1. The lowest BCUT2D eigenvalue weighted by atomic mass is 10.1. The van der Waals surface area contributed by atoms with Crippen molar-refractivity contribution in [2.24, 2.45) is 0 Å². The number of hydrogen-bond acceptors (Lipinski definition) is 5. The van der Waals surface area contributed by atoms with Crippen molar-refractivity contribution >= 4 is 29.0 Å². The van der Waals surface area contributed by atoms with Crippen LogP contribution in [0.3, 0.4) is 0 Å². The zero-order chi connectivity index (χ0) is 21.0. The van der Waals surface area contributed by atoms with E-state index in [0.717, 1.165) is 38.8 Å². The molecular formula is C25H18N2O3S. The predicted octanol–water partition coefficient (Wildman–Crippen LogP) is 5.86. The monoisotopic (exact) mass is 426 g/mol. The fraction of sp³-hybridized carbons (Fsp3) is 0.0400. The number of amides is 1. The maximum Gasteiger partial charge on any atom is 0.248 e. The van der Waals surface area contributed by atoms with Crippen LogP contribution in [0.5, 0.6) is 11.5 Å². The Bertz CT molecular complexity index is 1250. The Morgan fingerprint density at radius 2 is 1.74 bits per heavy atom. The molecule has 1 aromatic heterocycles. The van der Waals surface area contributed by atoms with Crippen LogP contribution in [0, 0.1) is 0 Å². The van der Waals surface area contributed by atoms with Crippen LogP contribution in [-0.4, -0.2) is 17.7 Å². The van der Waals surface area contributed by atoms with Crippen LogP contribution in [0.4, 0.5) is 5.69 Å². The van der Waals surface area contributed by atoms with Crippen molar-refractivity contribution in [3.63, 3.8) is 0 Å². The maximum atomic E-state index is 12.3. The summed E-state index contributed by atoms with van der Waals surface area (Å²) in [5, 5.41) is 5.91. The summed E-state index contributed by atoms with van der Waals surface area (Å²) in [4.78, 5) is 17.0. The van der Waals surface area contributed by atoms with Crippen LogP contribution in [0.25, 0.3) is 27.9 Å². The number of aromatic nitrogens is 1. The quantitative estimate of drug-likeness (QED) is 0.406. The van der Waals surface area contributed by atoms with E-state index in [1.165, 1.54) is 6.08 Å². The lowest BCUT2D eigenvalue weighted by Crippen LogP contribution is -2.07. The second-order valence-electron chi connectivity index (χ2n) is 6.92. The van der Waals surface area contributed by atoms with Crippen molar-refractivity contribution in [3.05, 3.63) is 89.8 Å². The van der Waals surface area contributed by atoms with Gasteiger partial charge in [0.05, 0.1) is 5.69 Å². The van der Waals surface area contributed by atoms with Gasteiger partial charge in [-0.15, -0.1) is 11.3 Å². The first-order valence-electron chi connectivity index (χ1n) is 9.75. The molecule has 0 radical (unpaired) electrons. The number of benzene rings is 3. The molecule has 152 valence electrons. The number of nitrogens with zero attached hydrogens (tertiary/aromatic N) is 1. The fourth-order valence-electron chi connectivity index (χ4n) is 3.22. The molecule has 1 aliphatic heterocycles. The van der Waals surface area contributed by atoms with Gasteiger partial charge in [0.1, 0.15) is 5.01 Å². The van der Waals surface area contributed by atoms with E-state index in [0.29, 0.717) is 5.75 Å². The molecular weight excluding hydrogens is 408 g/mol. The van der Waals surface area contributed by atoms with Crippen LogP contribution in [-0.2, 0) is 4.79 Å². The lowest BCUT2D eigenvalue weighted by Gasteiger charge is -2.04. The van der Waals surface area contributed by atoms with Crippen LogP contribution < -0.4 is 14.8 Å². The highest BCUT2D eigenvalue weighted by molar-refractivity contribution is 7.13. The Balaban J connectivity index is 1.23. The molecule has 0 saturated heterocycles. The number of anilines is 1. The molecule has 0 aliphatic carbocycles. The van der Waals surface area contributed by atoms with Gasteiger partial charge in [-0.05, 0) is 35.9 Å². The zero-order valence-electron chi connectivity index (χ0n) is 16.4. The SMILES string of the molecule is O=C(/C=C/c1ccc2c(c1)OCO2)Nc1ccc(-c2csc(-c3ccccc3)n2)cc1. The van der Waals surface area contributed by atoms with E-state index >= 15 is 0 Å². The van der Waals surface area contributed by atoms with Gasteiger partial charge in [0.2, 0.25) is 12.7 Å². The van der Waals surface area contributed by atoms with Gasteiger partial charge in [-0.3, -0.25) is 4.79 Å². The molecule has 0 spiro atoms. The van der Waals surface area contributed by atoms with Crippen molar-refractivity contribution < 1.29 is 14.3 Å². The molecule has 2 heterocycles. The smallest absolute Gasteiger partial charge is 0.248 e. The third kappa shape index (κ3) is 4.34. The van der Waals surface area contributed by atoms with Gasteiger partial charge in [0.25, 0.3) is 0 Å². The highest BCUT2D eigenvalue weighted by Gasteiger charge is 2.12. The maximum absolute atomic E-state index is 12.3. The molecule has 5 nitrogen and oxygen atoms in total. The summed E-state index contributed by atoms with van der Waals surface area (Å²) in [6.07, 6.45) is 3.24. The first kappa shape index (κ1) is 19.1. The Hall–Kier alpha value is -3.90. The minimum atomic E-state index is -0.203. The molecule has 1 amide bonds. The van der Waals surface area contributed by atoms with Crippen LogP contribution in [0.15, 0.2) is 84.3 Å². The fourth-order valence-corrected chi connectivity index (χ4v) is 4.05. The van der Waals surface area contributed by atoms with Crippen molar-refractivity contribution in [1.82, 2.24) is 4.98 Å². The Morgan fingerprint density at radius 3 is 2.58 bits per heavy atom. The summed E-state index contributed by atoms with van der Waals surface area (Å²) >= 11 is 1.62. The number of rotatable bonds is 5. The van der Waals surface area contributed by atoms with Crippen molar-refractivity contribution in [1.29, 1.82) is 0 Å². The summed E-state index contributed by atoms with van der Waals surface area (Å²) in [5.74, 6) is 1.21. The summed E-state index contributed by atoms with van der Waals surface area (Å²) in [6.45, 7) is 0.230. The van der Waals surface area contributed by atoms with Gasteiger partial charge in [0.15, 0.2) is 11.5 Å². The molecule has 6 heteroatoms. The standard InChI is InChI=1S/C25H18N2O3S/c28-24(13-7-17-6-12-22-23(14-17)30-16-29-22)26-20-10-8-18(9-11-20)21-15-31-25(27-21)19-4-2-1-3-5-19/h1-15H,16H2,(H,26,28)/b13-7+. The number of fused-ring (bicyclic) bond motifs is 1. The zero-order valence-corrected chi connectivity index (χ0v) is 17.3. The van der Waals surface area contributed by atoms with Crippen LogP contribution in [0.1, 0.15) is 5.56 Å².